The molecule has 4 nitrogen and oxygen atoms in total. The maximum atomic E-state index is 12.9. The molecule has 2 aromatic heterocycles. The van der Waals surface area contributed by atoms with Gasteiger partial charge in [0.15, 0.2) is 0 Å². The molecule has 0 saturated carbocycles. The van der Waals surface area contributed by atoms with Crippen molar-refractivity contribution in [3.8, 4) is 0 Å². The fourth-order valence-corrected chi connectivity index (χ4v) is 3.97. The van der Waals surface area contributed by atoms with Crippen LogP contribution in [0.25, 0.3) is 0 Å². The smallest absolute Gasteiger partial charge is 0.227 e. The van der Waals surface area contributed by atoms with E-state index in [1.54, 1.807) is 12.4 Å². The van der Waals surface area contributed by atoms with Gasteiger partial charge in [0.1, 0.15) is 0 Å². The molecular weight excluding hydrogens is 370 g/mol. The predicted octanol–water partition coefficient (Wildman–Crippen LogP) is 4.63. The van der Waals surface area contributed by atoms with Gasteiger partial charge >= 0.3 is 0 Å². The van der Waals surface area contributed by atoms with Crippen molar-refractivity contribution >= 4 is 17.5 Å². The molecule has 0 aliphatic carbocycles. The van der Waals surface area contributed by atoms with Crippen LogP contribution in [0.15, 0.2) is 67.0 Å². The summed E-state index contributed by atoms with van der Waals surface area (Å²) in [5.41, 5.74) is 3.99. The molecule has 3 aromatic rings. The number of rotatable bonds is 5. The first-order valence-corrected chi connectivity index (χ1v) is 9.96. The minimum atomic E-state index is 0.0422. The van der Waals surface area contributed by atoms with Crippen LogP contribution in [0.3, 0.4) is 0 Å². The van der Waals surface area contributed by atoms with E-state index in [1.165, 1.54) is 0 Å². The van der Waals surface area contributed by atoms with E-state index in [0.29, 0.717) is 12.8 Å². The van der Waals surface area contributed by atoms with E-state index < -0.39 is 0 Å². The second-order valence-corrected chi connectivity index (χ2v) is 7.51. The van der Waals surface area contributed by atoms with E-state index in [0.717, 1.165) is 46.9 Å². The SMILES string of the molecule is O=C(Cc1ccncc1)N1CCC[C@H]1c1cccc(Cc2ccccc2Cl)n1. The highest BCUT2D eigenvalue weighted by molar-refractivity contribution is 6.31. The molecule has 1 aliphatic rings. The zero-order chi connectivity index (χ0) is 19.3. The highest BCUT2D eigenvalue weighted by Crippen LogP contribution is 2.31. The van der Waals surface area contributed by atoms with Crippen LogP contribution in [-0.2, 0) is 17.6 Å². The van der Waals surface area contributed by atoms with Gasteiger partial charge in [0.25, 0.3) is 0 Å². The van der Waals surface area contributed by atoms with Crippen LogP contribution in [0.2, 0.25) is 5.02 Å². The van der Waals surface area contributed by atoms with E-state index in [9.17, 15) is 4.79 Å². The minimum absolute atomic E-state index is 0.0422. The summed E-state index contributed by atoms with van der Waals surface area (Å²) >= 11 is 6.30. The van der Waals surface area contributed by atoms with Gasteiger partial charge in [-0.15, -0.1) is 0 Å². The average Bonchev–Trinajstić information content (AvgIpc) is 3.21. The number of aromatic nitrogens is 2. The summed E-state index contributed by atoms with van der Waals surface area (Å²) < 4.78 is 0. The molecule has 1 fully saturated rings. The van der Waals surface area contributed by atoms with Crippen molar-refractivity contribution in [3.05, 3.63) is 94.5 Å². The van der Waals surface area contributed by atoms with Crippen molar-refractivity contribution in [2.24, 2.45) is 0 Å². The summed E-state index contributed by atoms with van der Waals surface area (Å²) in [4.78, 5) is 23.7. The third-order valence-electron chi connectivity index (χ3n) is 5.18. The highest BCUT2D eigenvalue weighted by atomic mass is 35.5. The van der Waals surface area contributed by atoms with Gasteiger partial charge in [-0.3, -0.25) is 14.8 Å². The van der Waals surface area contributed by atoms with Crippen molar-refractivity contribution < 1.29 is 4.79 Å². The third kappa shape index (κ3) is 4.23. The maximum Gasteiger partial charge on any atom is 0.227 e. The normalized spacial score (nSPS) is 16.3. The van der Waals surface area contributed by atoms with Crippen molar-refractivity contribution in [2.45, 2.75) is 31.7 Å². The Balaban J connectivity index is 1.51. The van der Waals surface area contributed by atoms with Crippen LogP contribution in [0.1, 0.15) is 41.4 Å². The number of benzene rings is 1. The summed E-state index contributed by atoms with van der Waals surface area (Å²) in [6.45, 7) is 0.783. The lowest BCUT2D eigenvalue weighted by Gasteiger charge is -2.25. The fraction of sp³-hybridized carbons (Fsp3) is 0.261. The largest absolute Gasteiger partial charge is 0.334 e. The lowest BCUT2D eigenvalue weighted by Crippen LogP contribution is -2.32. The zero-order valence-corrected chi connectivity index (χ0v) is 16.3. The minimum Gasteiger partial charge on any atom is -0.334 e. The quantitative estimate of drug-likeness (QED) is 0.637. The second kappa shape index (κ2) is 8.53. The molecule has 0 radical (unpaired) electrons. The topological polar surface area (TPSA) is 46.1 Å². The standard InChI is InChI=1S/C23H22ClN3O/c24-20-7-2-1-5-18(20)16-19-6-3-8-21(26-19)22-9-4-14-27(22)23(28)15-17-10-12-25-13-11-17/h1-3,5-8,10-13,22H,4,9,14-16H2/t22-/m0/s1. The summed E-state index contributed by atoms with van der Waals surface area (Å²) in [7, 11) is 0. The van der Waals surface area contributed by atoms with Gasteiger partial charge in [0.2, 0.25) is 5.91 Å². The number of likely N-dealkylation sites (tertiary alicyclic amines) is 1. The van der Waals surface area contributed by atoms with Gasteiger partial charge in [-0.1, -0.05) is 35.9 Å². The number of nitrogens with zero attached hydrogens (tertiary/aromatic N) is 3. The molecule has 1 atom stereocenters. The monoisotopic (exact) mass is 391 g/mol. The Morgan fingerprint density at radius 3 is 2.71 bits per heavy atom. The van der Waals surface area contributed by atoms with Crippen LogP contribution >= 0.6 is 11.6 Å². The Morgan fingerprint density at radius 1 is 1.07 bits per heavy atom. The number of carbonyl (C=O) groups is 1. The number of hydrogen-bond donors (Lipinski definition) is 0. The van der Waals surface area contributed by atoms with Crippen LogP contribution in [0.5, 0.6) is 0 Å². The predicted molar refractivity (Wildman–Crippen MR) is 110 cm³/mol. The summed E-state index contributed by atoms with van der Waals surface area (Å²) in [6, 6.07) is 17.7. The average molecular weight is 392 g/mol. The van der Waals surface area contributed by atoms with Crippen molar-refractivity contribution in [2.75, 3.05) is 6.54 Å². The van der Waals surface area contributed by atoms with Crippen molar-refractivity contribution in [1.29, 1.82) is 0 Å². The summed E-state index contributed by atoms with van der Waals surface area (Å²) in [5.74, 6) is 0.145. The molecule has 0 spiro atoms. The van der Waals surface area contributed by atoms with Gasteiger partial charge in [0, 0.05) is 36.1 Å². The molecule has 0 unspecified atom stereocenters. The highest BCUT2D eigenvalue weighted by Gasteiger charge is 2.30. The number of carbonyl (C=O) groups excluding carboxylic acids is 1. The van der Waals surface area contributed by atoms with E-state index in [4.69, 9.17) is 16.6 Å². The molecule has 28 heavy (non-hydrogen) atoms. The molecule has 142 valence electrons. The first kappa shape index (κ1) is 18.6. The summed E-state index contributed by atoms with van der Waals surface area (Å²) in [5, 5.41) is 0.754. The number of hydrogen-bond acceptors (Lipinski definition) is 3. The Kier molecular flexibility index (Phi) is 5.68. The molecule has 0 bridgehead atoms. The van der Waals surface area contributed by atoms with Crippen LogP contribution in [0.4, 0.5) is 0 Å². The fourth-order valence-electron chi connectivity index (χ4n) is 3.77. The van der Waals surface area contributed by atoms with Crippen LogP contribution in [-0.4, -0.2) is 27.3 Å². The van der Waals surface area contributed by atoms with Gasteiger partial charge in [-0.2, -0.15) is 0 Å². The second-order valence-electron chi connectivity index (χ2n) is 7.10. The third-order valence-corrected chi connectivity index (χ3v) is 5.55. The molecule has 1 saturated heterocycles. The van der Waals surface area contributed by atoms with Gasteiger partial charge in [0.05, 0.1) is 18.2 Å². The zero-order valence-electron chi connectivity index (χ0n) is 15.6. The first-order valence-electron chi connectivity index (χ1n) is 9.58. The van der Waals surface area contributed by atoms with Crippen LogP contribution in [0, 0.1) is 0 Å². The Morgan fingerprint density at radius 2 is 1.89 bits per heavy atom. The Hall–Kier alpha value is -2.72. The molecule has 5 heteroatoms. The maximum absolute atomic E-state index is 12.9. The molecule has 4 rings (SSSR count). The van der Waals surface area contributed by atoms with Gasteiger partial charge in [-0.05, 0) is 54.3 Å². The van der Waals surface area contributed by atoms with Crippen molar-refractivity contribution in [3.63, 3.8) is 0 Å². The molecule has 1 aromatic carbocycles. The van der Waals surface area contributed by atoms with E-state index >= 15 is 0 Å². The molecule has 3 heterocycles. The van der Waals surface area contributed by atoms with Crippen molar-refractivity contribution in [1.82, 2.24) is 14.9 Å². The number of pyridine rings is 2. The van der Waals surface area contributed by atoms with Crippen LogP contribution < -0.4 is 0 Å². The van der Waals surface area contributed by atoms with Gasteiger partial charge < -0.3 is 4.90 Å². The van der Waals surface area contributed by atoms with E-state index in [1.807, 2.05) is 59.5 Å². The Labute approximate surface area is 170 Å². The molecule has 1 amide bonds. The molecular formula is C23H22ClN3O. The van der Waals surface area contributed by atoms with Gasteiger partial charge in [-0.25, -0.2) is 0 Å². The molecule has 1 aliphatic heterocycles. The van der Waals surface area contributed by atoms with E-state index in [2.05, 4.69) is 4.98 Å². The summed E-state index contributed by atoms with van der Waals surface area (Å²) in [6.07, 6.45) is 6.49. The first-order chi connectivity index (χ1) is 13.7. The van der Waals surface area contributed by atoms with E-state index in [-0.39, 0.29) is 11.9 Å². The number of halogens is 1. The Bertz CT molecular complexity index is 961. The number of amides is 1. The lowest BCUT2D eigenvalue weighted by molar-refractivity contribution is -0.131. The lowest BCUT2D eigenvalue weighted by atomic mass is 10.1. The molecule has 0 N–H and O–H groups in total.